The van der Waals surface area contributed by atoms with E-state index in [4.69, 9.17) is 28.5 Å². The van der Waals surface area contributed by atoms with Crippen molar-refractivity contribution in [3.63, 3.8) is 0 Å². The van der Waals surface area contributed by atoms with Gasteiger partial charge in [-0.2, -0.15) is 5.26 Å². The van der Waals surface area contributed by atoms with Crippen LogP contribution in [0.1, 0.15) is 5.56 Å². The maximum atomic E-state index is 13.0. The molecule has 0 fully saturated rings. The summed E-state index contributed by atoms with van der Waals surface area (Å²) in [4.78, 5) is 11.9. The van der Waals surface area contributed by atoms with Gasteiger partial charge in [-0.3, -0.25) is 0 Å². The van der Waals surface area contributed by atoms with Gasteiger partial charge in [0, 0.05) is 5.02 Å². The van der Waals surface area contributed by atoms with E-state index in [0.717, 1.165) is 12.1 Å². The maximum Gasteiger partial charge on any atom is 0.323 e. The van der Waals surface area contributed by atoms with Gasteiger partial charge in [-0.15, -0.1) is 0 Å². The maximum absolute atomic E-state index is 13.0. The summed E-state index contributed by atoms with van der Waals surface area (Å²) in [6.45, 7) is 0. The number of halogens is 3. The third kappa shape index (κ3) is 3.85. The van der Waals surface area contributed by atoms with Gasteiger partial charge >= 0.3 is 6.03 Å². The summed E-state index contributed by atoms with van der Waals surface area (Å²) in [6.07, 6.45) is 0. The van der Waals surface area contributed by atoms with Crippen LogP contribution in [0.4, 0.5) is 20.6 Å². The minimum atomic E-state index is -0.623. The van der Waals surface area contributed by atoms with Crippen molar-refractivity contribution in [2.24, 2.45) is 0 Å². The molecule has 0 radical (unpaired) electrons. The Kier molecular flexibility index (Phi) is 4.63. The summed E-state index contributed by atoms with van der Waals surface area (Å²) in [5.41, 5.74) is 0.527. The molecule has 2 aromatic rings. The van der Waals surface area contributed by atoms with Crippen molar-refractivity contribution in [2.75, 3.05) is 10.6 Å². The summed E-state index contributed by atoms with van der Waals surface area (Å²) in [7, 11) is 0. The fraction of sp³-hybridized carbons (Fsp3) is 0. The molecule has 0 saturated heterocycles. The van der Waals surface area contributed by atoms with Gasteiger partial charge in [0.25, 0.3) is 0 Å². The van der Waals surface area contributed by atoms with Crippen molar-refractivity contribution in [3.8, 4) is 6.07 Å². The van der Waals surface area contributed by atoms with Crippen LogP contribution in [0.25, 0.3) is 0 Å². The van der Waals surface area contributed by atoms with E-state index in [2.05, 4.69) is 10.6 Å². The average molecular weight is 324 g/mol. The highest BCUT2D eigenvalue weighted by Crippen LogP contribution is 2.25. The lowest BCUT2D eigenvalue weighted by molar-refractivity contribution is 0.262. The summed E-state index contributed by atoms with van der Waals surface area (Å²) < 4.78 is 13.0. The van der Waals surface area contributed by atoms with Gasteiger partial charge in [-0.05, 0) is 36.4 Å². The minimum Gasteiger partial charge on any atom is -0.306 e. The predicted molar refractivity (Wildman–Crippen MR) is 80.2 cm³/mol. The van der Waals surface area contributed by atoms with Crippen LogP contribution >= 0.6 is 23.2 Å². The molecular weight excluding hydrogens is 316 g/mol. The Bertz CT molecular complexity index is 743. The lowest BCUT2D eigenvalue weighted by Crippen LogP contribution is -2.20. The average Bonchev–Trinajstić information content (AvgIpc) is 2.44. The number of urea groups is 1. The lowest BCUT2D eigenvalue weighted by Gasteiger charge is -2.10. The zero-order valence-corrected chi connectivity index (χ0v) is 12.0. The number of carbonyl (C=O) groups excluding carboxylic acids is 1. The Labute approximate surface area is 130 Å². The number of benzene rings is 2. The van der Waals surface area contributed by atoms with Crippen LogP contribution in [0.15, 0.2) is 36.4 Å². The second-order valence-electron chi connectivity index (χ2n) is 4.01. The molecule has 0 aliphatic heterocycles. The Balaban J connectivity index is 2.16. The monoisotopic (exact) mass is 323 g/mol. The van der Waals surface area contributed by atoms with Crippen LogP contribution in [0, 0.1) is 17.1 Å². The molecule has 2 rings (SSSR count). The smallest absolute Gasteiger partial charge is 0.306 e. The van der Waals surface area contributed by atoms with Crippen molar-refractivity contribution >= 4 is 40.6 Å². The molecule has 0 unspecified atom stereocenters. The summed E-state index contributed by atoms with van der Waals surface area (Å²) in [5, 5.41) is 14.6. The zero-order chi connectivity index (χ0) is 15.4. The fourth-order valence-electron chi connectivity index (χ4n) is 1.59. The normalized spacial score (nSPS) is 9.81. The van der Waals surface area contributed by atoms with Crippen molar-refractivity contribution in [3.05, 3.63) is 57.8 Å². The molecule has 106 valence electrons. The second-order valence-corrected chi connectivity index (χ2v) is 4.85. The number of hydrogen-bond acceptors (Lipinski definition) is 2. The minimum absolute atomic E-state index is 0.0161. The number of nitriles is 1. The SMILES string of the molecule is N#Cc1cc(F)ccc1NC(=O)Nc1cc(Cl)ccc1Cl. The fourth-order valence-corrected chi connectivity index (χ4v) is 1.92. The van der Waals surface area contributed by atoms with Crippen molar-refractivity contribution in [1.82, 2.24) is 0 Å². The van der Waals surface area contributed by atoms with Crippen LogP contribution in [0.3, 0.4) is 0 Å². The van der Waals surface area contributed by atoms with E-state index >= 15 is 0 Å². The first-order valence-corrected chi connectivity index (χ1v) is 6.48. The molecule has 0 bridgehead atoms. The van der Waals surface area contributed by atoms with E-state index in [1.807, 2.05) is 0 Å². The molecule has 2 amide bonds. The first-order valence-electron chi connectivity index (χ1n) is 5.72. The number of amides is 2. The van der Waals surface area contributed by atoms with Gasteiger partial charge in [0.1, 0.15) is 11.9 Å². The molecule has 0 spiro atoms. The summed E-state index contributed by atoms with van der Waals surface area (Å²) in [6, 6.07) is 9.25. The molecule has 2 aromatic carbocycles. The molecule has 0 aliphatic carbocycles. The van der Waals surface area contributed by atoms with Crippen LogP contribution in [0.2, 0.25) is 10.0 Å². The lowest BCUT2D eigenvalue weighted by atomic mass is 10.2. The molecule has 7 heteroatoms. The Hall–Kier alpha value is -2.29. The number of anilines is 2. The highest BCUT2D eigenvalue weighted by molar-refractivity contribution is 6.35. The molecule has 2 N–H and O–H groups in total. The molecule has 0 heterocycles. The van der Waals surface area contributed by atoms with Crippen molar-refractivity contribution in [1.29, 1.82) is 5.26 Å². The molecule has 0 atom stereocenters. The molecule has 0 saturated carbocycles. The first-order chi connectivity index (χ1) is 9.99. The van der Waals surface area contributed by atoms with Crippen molar-refractivity contribution in [2.45, 2.75) is 0 Å². The molecular formula is C14H8Cl2FN3O. The van der Waals surface area contributed by atoms with Gasteiger partial charge in [0.2, 0.25) is 0 Å². The van der Waals surface area contributed by atoms with Gasteiger partial charge in [0.15, 0.2) is 0 Å². The van der Waals surface area contributed by atoms with E-state index in [9.17, 15) is 9.18 Å². The first kappa shape index (κ1) is 15.1. The largest absolute Gasteiger partial charge is 0.323 e. The second kappa shape index (κ2) is 6.44. The highest BCUT2D eigenvalue weighted by Gasteiger charge is 2.10. The van der Waals surface area contributed by atoms with Crippen LogP contribution in [0.5, 0.6) is 0 Å². The highest BCUT2D eigenvalue weighted by atomic mass is 35.5. The standard InChI is InChI=1S/C14H8Cl2FN3O/c15-9-1-3-11(16)13(6-9)20-14(21)19-12-4-2-10(17)5-8(12)7-18/h1-6H,(H2,19,20,21). The summed E-state index contributed by atoms with van der Waals surface area (Å²) >= 11 is 11.7. The molecule has 0 aromatic heterocycles. The van der Waals surface area contributed by atoms with Gasteiger partial charge in [0.05, 0.1) is 22.0 Å². The third-order valence-corrected chi connectivity index (χ3v) is 3.09. The molecule has 0 aliphatic rings. The van der Waals surface area contributed by atoms with Crippen LogP contribution in [-0.2, 0) is 0 Å². The van der Waals surface area contributed by atoms with Gasteiger partial charge in [-0.25, -0.2) is 9.18 Å². The number of hydrogen-bond donors (Lipinski definition) is 2. The number of nitrogens with zero attached hydrogens (tertiary/aromatic N) is 1. The van der Waals surface area contributed by atoms with Gasteiger partial charge < -0.3 is 10.6 Å². The van der Waals surface area contributed by atoms with E-state index in [1.54, 1.807) is 12.1 Å². The number of carbonyl (C=O) groups is 1. The Morgan fingerprint density at radius 2 is 1.81 bits per heavy atom. The van der Waals surface area contributed by atoms with E-state index < -0.39 is 11.8 Å². The Morgan fingerprint density at radius 3 is 2.52 bits per heavy atom. The molecule has 21 heavy (non-hydrogen) atoms. The quantitative estimate of drug-likeness (QED) is 0.844. The van der Waals surface area contributed by atoms with Crippen LogP contribution in [-0.4, -0.2) is 6.03 Å². The molecule has 4 nitrogen and oxygen atoms in total. The topological polar surface area (TPSA) is 64.9 Å². The zero-order valence-electron chi connectivity index (χ0n) is 10.5. The van der Waals surface area contributed by atoms with Gasteiger partial charge in [-0.1, -0.05) is 23.2 Å². The Morgan fingerprint density at radius 1 is 1.10 bits per heavy atom. The summed E-state index contributed by atoms with van der Waals surface area (Å²) in [5.74, 6) is -0.560. The van der Waals surface area contributed by atoms with E-state index in [1.165, 1.54) is 18.2 Å². The van der Waals surface area contributed by atoms with E-state index in [-0.39, 0.29) is 11.3 Å². The predicted octanol–water partition coefficient (Wildman–Crippen LogP) is 4.65. The number of rotatable bonds is 2. The van der Waals surface area contributed by atoms with Crippen LogP contribution < -0.4 is 10.6 Å². The van der Waals surface area contributed by atoms with Crippen molar-refractivity contribution < 1.29 is 9.18 Å². The number of nitrogens with one attached hydrogen (secondary N) is 2. The van der Waals surface area contributed by atoms with E-state index in [0.29, 0.717) is 15.7 Å². The third-order valence-electron chi connectivity index (χ3n) is 2.53.